The molecule has 0 saturated heterocycles. The van der Waals surface area contributed by atoms with Crippen LogP contribution in [0.15, 0.2) is 30.3 Å². The second-order valence-electron chi connectivity index (χ2n) is 15.0. The summed E-state index contributed by atoms with van der Waals surface area (Å²) in [5.74, 6) is 1.03. The zero-order chi connectivity index (χ0) is 28.2. The SMILES string of the molecule is COc1c(C(C)(C)C)cc(C)cc1C(C)(C)[c-]1ccc(C(C)(C)C)c1.[CH2-][Si](C)(C)C.[CH2-][Si](C)(C)C.[Y+3]. The van der Waals surface area contributed by atoms with Gasteiger partial charge in [0, 0.05) is 0 Å². The van der Waals surface area contributed by atoms with Crippen molar-refractivity contribution < 1.29 is 37.4 Å². The Balaban J connectivity index is 0. The molecule has 0 fully saturated rings. The van der Waals surface area contributed by atoms with Crippen molar-refractivity contribution in [3.05, 3.63) is 71.2 Å². The third-order valence-corrected chi connectivity index (χ3v) is 5.26. The molecule has 1 nitrogen and oxygen atoms in total. The summed E-state index contributed by atoms with van der Waals surface area (Å²) in [7, 11) is 0.0745. The van der Waals surface area contributed by atoms with E-state index in [1.807, 2.05) is 0 Å². The van der Waals surface area contributed by atoms with E-state index < -0.39 is 16.1 Å². The molecule has 0 saturated carbocycles. The van der Waals surface area contributed by atoms with Crippen LogP contribution in [0.5, 0.6) is 5.75 Å². The van der Waals surface area contributed by atoms with Crippen molar-refractivity contribution in [2.75, 3.05) is 7.11 Å². The first-order valence-corrected chi connectivity index (χ1v) is 20.4. The zero-order valence-corrected chi connectivity index (χ0v) is 31.6. The third kappa shape index (κ3) is 14.2. The quantitative estimate of drug-likeness (QED) is 0.251. The number of rotatable bonds is 3. The maximum Gasteiger partial charge on any atom is 3.00 e. The van der Waals surface area contributed by atoms with Gasteiger partial charge in [0.15, 0.2) is 0 Å². The molecule has 0 amide bonds. The van der Waals surface area contributed by atoms with Crippen LogP contribution >= 0.6 is 0 Å². The fraction of sp³-hybridized carbons (Fsp3) is 0.594. The van der Waals surface area contributed by atoms with Crippen molar-refractivity contribution in [2.45, 2.75) is 118 Å². The van der Waals surface area contributed by atoms with E-state index in [1.165, 1.54) is 27.8 Å². The molecule has 0 N–H and O–H groups in total. The Hall–Kier alpha value is -0.0923. The molecular formula is C32H57OSi2Y. The van der Waals surface area contributed by atoms with Crippen LogP contribution in [0.25, 0.3) is 0 Å². The van der Waals surface area contributed by atoms with Gasteiger partial charge < -0.3 is 17.8 Å². The fourth-order valence-corrected chi connectivity index (χ4v) is 3.47. The zero-order valence-electron chi connectivity index (χ0n) is 26.8. The average molecular weight is 603 g/mol. The van der Waals surface area contributed by atoms with Crippen LogP contribution < -0.4 is 4.74 Å². The predicted molar refractivity (Wildman–Crippen MR) is 167 cm³/mol. The summed E-state index contributed by atoms with van der Waals surface area (Å²) in [4.78, 5) is 0. The van der Waals surface area contributed by atoms with Gasteiger partial charge in [0.1, 0.15) is 5.75 Å². The Morgan fingerprint density at radius 1 is 0.750 bits per heavy atom. The molecule has 0 bridgehead atoms. The van der Waals surface area contributed by atoms with E-state index in [1.54, 1.807) is 7.11 Å². The Morgan fingerprint density at radius 2 is 1.14 bits per heavy atom. The first-order chi connectivity index (χ1) is 15.3. The Kier molecular flexibility index (Phi) is 14.6. The predicted octanol–water partition coefficient (Wildman–Crippen LogP) is 10.0. The van der Waals surface area contributed by atoms with Crippen molar-refractivity contribution in [1.82, 2.24) is 0 Å². The number of ether oxygens (including phenoxy) is 1. The van der Waals surface area contributed by atoms with Crippen LogP contribution in [-0.2, 0) is 49.0 Å². The molecule has 2 aromatic carbocycles. The van der Waals surface area contributed by atoms with E-state index in [0.717, 1.165) is 5.75 Å². The normalized spacial score (nSPS) is 12.5. The summed E-state index contributed by atoms with van der Waals surface area (Å²) in [5, 5.41) is 0. The summed E-state index contributed by atoms with van der Waals surface area (Å²) >= 11 is 0. The average Bonchev–Trinajstić information content (AvgIpc) is 3.08. The summed E-state index contributed by atoms with van der Waals surface area (Å²) in [6.07, 6.45) is 0. The minimum atomic E-state index is -0.861. The molecule has 202 valence electrons. The van der Waals surface area contributed by atoms with E-state index >= 15 is 0 Å². The van der Waals surface area contributed by atoms with E-state index in [2.05, 4.69) is 145 Å². The van der Waals surface area contributed by atoms with E-state index in [-0.39, 0.29) is 49.0 Å². The van der Waals surface area contributed by atoms with Crippen molar-refractivity contribution in [3.63, 3.8) is 0 Å². The molecular weight excluding hydrogens is 545 g/mol. The van der Waals surface area contributed by atoms with Crippen molar-refractivity contribution in [2.24, 2.45) is 0 Å². The molecule has 0 aromatic heterocycles. The van der Waals surface area contributed by atoms with Gasteiger partial charge >= 0.3 is 32.7 Å². The summed E-state index contributed by atoms with van der Waals surface area (Å²) in [6.45, 7) is 41.5. The van der Waals surface area contributed by atoms with Crippen LogP contribution in [-0.4, -0.2) is 23.3 Å². The molecule has 0 radical (unpaired) electrons. The van der Waals surface area contributed by atoms with Crippen molar-refractivity contribution in [1.29, 1.82) is 0 Å². The van der Waals surface area contributed by atoms with Crippen LogP contribution in [0.2, 0.25) is 39.3 Å². The molecule has 2 rings (SSSR count). The van der Waals surface area contributed by atoms with Gasteiger partial charge in [-0.3, -0.25) is 0 Å². The van der Waals surface area contributed by atoms with Crippen LogP contribution in [0.1, 0.15) is 83.2 Å². The molecule has 2 aromatic rings. The molecule has 0 aliphatic carbocycles. The Morgan fingerprint density at radius 3 is 1.44 bits per heavy atom. The van der Waals surface area contributed by atoms with Gasteiger partial charge in [0.05, 0.1) is 7.11 Å². The first kappa shape index (κ1) is 38.1. The molecule has 36 heavy (non-hydrogen) atoms. The van der Waals surface area contributed by atoms with Gasteiger partial charge in [0.2, 0.25) is 0 Å². The van der Waals surface area contributed by atoms with Crippen LogP contribution in [0.4, 0.5) is 0 Å². The Labute approximate surface area is 253 Å². The standard InChI is InChI=1S/C24H35O.2C4H11Si.Y/c1-16-13-19(23(5,6)7)21(25-10)20(14-16)24(8,9)18-12-11-17(15-18)22(2,3)4;2*1-5(2,3)4;/h11-15H,1-10H3;2*1H2,2-4H3;/q3*-1;+3. The van der Waals surface area contributed by atoms with Gasteiger partial charge in [-0.1, -0.05) is 118 Å². The number of benzene rings is 1. The second kappa shape index (κ2) is 13.8. The second-order valence-corrected chi connectivity index (χ2v) is 25.3. The first-order valence-electron chi connectivity index (χ1n) is 13.0. The van der Waals surface area contributed by atoms with E-state index in [4.69, 9.17) is 4.74 Å². The monoisotopic (exact) mass is 602 g/mol. The molecule has 0 unspecified atom stereocenters. The van der Waals surface area contributed by atoms with Crippen LogP contribution in [0.3, 0.4) is 0 Å². The van der Waals surface area contributed by atoms with Gasteiger partial charge in [-0.25, -0.2) is 6.07 Å². The van der Waals surface area contributed by atoms with Crippen molar-refractivity contribution >= 4 is 16.1 Å². The molecule has 0 spiro atoms. The smallest absolute Gasteiger partial charge is 0.496 e. The summed E-state index contributed by atoms with van der Waals surface area (Å²) in [6, 6.07) is 11.5. The largest absolute Gasteiger partial charge is 3.00 e. The molecule has 0 aliphatic heterocycles. The molecule has 0 heterocycles. The number of hydrogen-bond donors (Lipinski definition) is 0. The Bertz CT molecular complexity index is 903. The van der Waals surface area contributed by atoms with Gasteiger partial charge in [0.25, 0.3) is 0 Å². The summed E-state index contributed by atoms with van der Waals surface area (Å²) < 4.78 is 5.94. The van der Waals surface area contributed by atoms with Gasteiger partial charge in [-0.15, -0.1) is 21.7 Å². The molecule has 0 aliphatic rings. The topological polar surface area (TPSA) is 9.23 Å². The fourth-order valence-electron chi connectivity index (χ4n) is 3.47. The van der Waals surface area contributed by atoms with Crippen LogP contribution in [0, 0.1) is 20.0 Å². The third-order valence-electron chi connectivity index (χ3n) is 5.26. The van der Waals surface area contributed by atoms with Gasteiger partial charge in [-0.2, -0.15) is 17.7 Å². The minimum Gasteiger partial charge on any atom is -0.496 e. The minimum absolute atomic E-state index is 0. The molecule has 0 atom stereocenters. The van der Waals surface area contributed by atoms with E-state index in [0.29, 0.717) is 0 Å². The maximum absolute atomic E-state index is 5.94. The number of aryl methyl sites for hydroxylation is 1. The number of methoxy groups -OCH3 is 1. The molecule has 4 heteroatoms. The van der Waals surface area contributed by atoms with Crippen molar-refractivity contribution in [3.8, 4) is 5.75 Å². The summed E-state index contributed by atoms with van der Waals surface area (Å²) in [5.41, 5.74) is 6.68. The maximum atomic E-state index is 5.94. The number of hydrogen-bond acceptors (Lipinski definition) is 1. The van der Waals surface area contributed by atoms with Gasteiger partial charge in [-0.05, 0) is 28.9 Å². The van der Waals surface area contributed by atoms with E-state index in [9.17, 15) is 0 Å².